The Balaban J connectivity index is 1.76. The van der Waals surface area contributed by atoms with Crippen molar-refractivity contribution in [1.82, 2.24) is 4.90 Å². The molecule has 1 saturated heterocycles. The number of thiocarbonyl (C=S) groups is 1. The van der Waals surface area contributed by atoms with Crippen LogP contribution in [-0.4, -0.2) is 52.6 Å². The third kappa shape index (κ3) is 3.59. The molecule has 0 spiro atoms. The minimum Gasteiger partial charge on any atom is -0.486 e. The van der Waals surface area contributed by atoms with Gasteiger partial charge in [0.1, 0.15) is 22.8 Å². The van der Waals surface area contributed by atoms with Crippen molar-refractivity contribution in [3.8, 4) is 11.5 Å². The molecule has 0 saturated carbocycles. The van der Waals surface area contributed by atoms with E-state index in [9.17, 15) is 9.59 Å². The van der Waals surface area contributed by atoms with E-state index in [4.69, 9.17) is 21.7 Å². The van der Waals surface area contributed by atoms with Crippen molar-refractivity contribution in [1.29, 1.82) is 0 Å². The molecule has 134 valence electrons. The van der Waals surface area contributed by atoms with E-state index in [1.165, 1.54) is 16.7 Å². The summed E-state index contributed by atoms with van der Waals surface area (Å²) in [6.07, 6.45) is 0.152. The maximum Gasteiger partial charge on any atom is 0.247 e. The number of hydrogen-bond acceptors (Lipinski definition) is 6. The van der Waals surface area contributed by atoms with Crippen LogP contribution >= 0.6 is 24.0 Å². The van der Waals surface area contributed by atoms with Crippen LogP contribution in [0.4, 0.5) is 5.69 Å². The number of carbonyl (C=O) groups excluding carboxylic acids is 2. The molecule has 1 fully saturated rings. The van der Waals surface area contributed by atoms with E-state index in [1.54, 1.807) is 18.2 Å². The summed E-state index contributed by atoms with van der Waals surface area (Å²) in [5.41, 5.74) is 0.510. The van der Waals surface area contributed by atoms with Gasteiger partial charge in [0, 0.05) is 25.6 Å². The average Bonchev–Trinajstić information content (AvgIpc) is 2.89. The summed E-state index contributed by atoms with van der Waals surface area (Å²) in [5, 5.41) is -0.478. The van der Waals surface area contributed by atoms with Crippen LogP contribution in [0.1, 0.15) is 20.3 Å². The van der Waals surface area contributed by atoms with Crippen LogP contribution in [0.15, 0.2) is 18.2 Å². The van der Waals surface area contributed by atoms with Gasteiger partial charge in [-0.1, -0.05) is 24.0 Å². The fourth-order valence-corrected chi connectivity index (χ4v) is 4.51. The van der Waals surface area contributed by atoms with Gasteiger partial charge in [0.05, 0.1) is 5.69 Å². The standard InChI is InChI=1S/C17H20N2O4S2/c1-3-18(4-2)17(24)25-14-10-15(20)19(16(14)21)11-5-6-12-13(9-11)23-8-7-22-12/h5-6,9,14H,3-4,7-8,10H2,1-2H3/t14-/m0/s1. The van der Waals surface area contributed by atoms with E-state index < -0.39 is 5.25 Å². The number of anilines is 1. The van der Waals surface area contributed by atoms with Gasteiger partial charge in [-0.2, -0.15) is 0 Å². The molecule has 3 rings (SSSR count). The molecule has 0 bridgehead atoms. The Kier molecular flexibility index (Phi) is 5.48. The molecule has 0 unspecified atom stereocenters. The fourth-order valence-electron chi connectivity index (χ4n) is 2.82. The zero-order valence-corrected chi connectivity index (χ0v) is 15.8. The molecule has 2 amide bonds. The van der Waals surface area contributed by atoms with Gasteiger partial charge < -0.3 is 14.4 Å². The molecule has 0 radical (unpaired) electrons. The largest absolute Gasteiger partial charge is 0.486 e. The number of benzene rings is 1. The van der Waals surface area contributed by atoms with Crippen molar-refractivity contribution >= 4 is 45.8 Å². The lowest BCUT2D eigenvalue weighted by Gasteiger charge is -2.23. The summed E-state index contributed by atoms with van der Waals surface area (Å²) in [6, 6.07) is 5.12. The highest BCUT2D eigenvalue weighted by atomic mass is 32.2. The number of nitrogens with zero attached hydrogens (tertiary/aromatic N) is 2. The van der Waals surface area contributed by atoms with Crippen molar-refractivity contribution in [2.75, 3.05) is 31.2 Å². The number of thioether (sulfide) groups is 1. The van der Waals surface area contributed by atoms with Gasteiger partial charge >= 0.3 is 0 Å². The lowest BCUT2D eigenvalue weighted by Crippen LogP contribution is -2.33. The molecule has 25 heavy (non-hydrogen) atoms. The maximum absolute atomic E-state index is 12.8. The van der Waals surface area contributed by atoms with Gasteiger partial charge in [0.2, 0.25) is 11.8 Å². The number of amides is 2. The minimum atomic E-state index is -0.478. The van der Waals surface area contributed by atoms with Gasteiger partial charge in [0.25, 0.3) is 0 Å². The second-order valence-corrected chi connectivity index (χ2v) is 7.48. The second-order valence-electron chi connectivity index (χ2n) is 5.64. The van der Waals surface area contributed by atoms with Crippen LogP contribution in [-0.2, 0) is 9.59 Å². The molecule has 2 aliphatic heterocycles. The first-order chi connectivity index (χ1) is 12.0. The number of rotatable bonds is 4. The quantitative estimate of drug-likeness (QED) is 0.587. The third-order valence-electron chi connectivity index (χ3n) is 4.15. The highest BCUT2D eigenvalue weighted by Gasteiger charge is 2.41. The Morgan fingerprint density at radius 3 is 2.60 bits per heavy atom. The van der Waals surface area contributed by atoms with Gasteiger partial charge in [0.15, 0.2) is 11.5 Å². The Morgan fingerprint density at radius 1 is 1.24 bits per heavy atom. The van der Waals surface area contributed by atoms with E-state index in [1.807, 2.05) is 18.7 Å². The summed E-state index contributed by atoms with van der Waals surface area (Å²) < 4.78 is 11.7. The monoisotopic (exact) mass is 380 g/mol. The molecule has 0 aromatic heterocycles. The number of hydrogen-bond donors (Lipinski definition) is 0. The van der Waals surface area contributed by atoms with Crippen LogP contribution in [0.2, 0.25) is 0 Å². The van der Waals surface area contributed by atoms with Crippen LogP contribution in [0.25, 0.3) is 0 Å². The summed E-state index contributed by atoms with van der Waals surface area (Å²) >= 11 is 6.70. The lowest BCUT2D eigenvalue weighted by molar-refractivity contribution is -0.121. The highest BCUT2D eigenvalue weighted by molar-refractivity contribution is 8.23. The summed E-state index contributed by atoms with van der Waals surface area (Å²) in [4.78, 5) is 28.4. The third-order valence-corrected chi connectivity index (χ3v) is 5.81. The molecule has 6 nitrogen and oxygen atoms in total. The second kappa shape index (κ2) is 7.61. The Labute approximate surface area is 156 Å². The molecule has 0 N–H and O–H groups in total. The Morgan fingerprint density at radius 2 is 1.92 bits per heavy atom. The molecule has 1 aromatic carbocycles. The van der Waals surface area contributed by atoms with Gasteiger partial charge in [-0.05, 0) is 26.0 Å². The van der Waals surface area contributed by atoms with E-state index in [0.29, 0.717) is 34.7 Å². The number of fused-ring (bicyclic) bond motifs is 1. The van der Waals surface area contributed by atoms with Crippen LogP contribution in [0.3, 0.4) is 0 Å². The highest BCUT2D eigenvalue weighted by Crippen LogP contribution is 2.37. The van der Waals surface area contributed by atoms with Crippen molar-refractivity contribution in [3.63, 3.8) is 0 Å². The summed E-state index contributed by atoms with van der Waals surface area (Å²) in [5.74, 6) is 0.726. The average molecular weight is 380 g/mol. The molecule has 1 atom stereocenters. The maximum atomic E-state index is 12.8. The van der Waals surface area contributed by atoms with Gasteiger partial charge in [-0.3, -0.25) is 9.59 Å². The van der Waals surface area contributed by atoms with Crippen LogP contribution in [0, 0.1) is 0 Å². The fraction of sp³-hybridized carbons (Fsp3) is 0.471. The summed E-state index contributed by atoms with van der Waals surface area (Å²) in [6.45, 7) is 6.54. The first-order valence-corrected chi connectivity index (χ1v) is 9.56. The number of ether oxygens (including phenoxy) is 2. The smallest absolute Gasteiger partial charge is 0.247 e. The zero-order valence-electron chi connectivity index (χ0n) is 14.2. The van der Waals surface area contributed by atoms with E-state index >= 15 is 0 Å². The van der Waals surface area contributed by atoms with Crippen LogP contribution in [0.5, 0.6) is 11.5 Å². The molecule has 1 aromatic rings. The predicted octanol–water partition coefficient (Wildman–Crippen LogP) is 2.45. The lowest BCUT2D eigenvalue weighted by atomic mass is 10.2. The molecule has 8 heteroatoms. The van der Waals surface area contributed by atoms with E-state index in [0.717, 1.165) is 13.1 Å². The first kappa shape index (κ1) is 18.0. The predicted molar refractivity (Wildman–Crippen MR) is 101 cm³/mol. The Bertz CT molecular complexity index is 706. The van der Waals surface area contributed by atoms with E-state index in [2.05, 4.69) is 0 Å². The van der Waals surface area contributed by atoms with Gasteiger partial charge in [-0.25, -0.2) is 4.90 Å². The number of carbonyl (C=O) groups is 2. The first-order valence-electron chi connectivity index (χ1n) is 8.27. The minimum absolute atomic E-state index is 0.152. The SMILES string of the molecule is CCN(CC)C(=S)S[C@H]1CC(=O)N(c2ccc3c(c2)OCCO3)C1=O. The molecular formula is C17H20N2O4S2. The molecule has 2 aliphatic rings. The van der Waals surface area contributed by atoms with E-state index in [-0.39, 0.29) is 18.2 Å². The molecule has 0 aliphatic carbocycles. The van der Waals surface area contributed by atoms with Gasteiger partial charge in [-0.15, -0.1) is 0 Å². The van der Waals surface area contributed by atoms with Crippen molar-refractivity contribution in [3.05, 3.63) is 18.2 Å². The zero-order chi connectivity index (χ0) is 18.0. The molecule has 2 heterocycles. The number of imide groups is 1. The van der Waals surface area contributed by atoms with Crippen molar-refractivity contribution < 1.29 is 19.1 Å². The van der Waals surface area contributed by atoms with Crippen LogP contribution < -0.4 is 14.4 Å². The summed E-state index contributed by atoms with van der Waals surface area (Å²) in [7, 11) is 0. The van der Waals surface area contributed by atoms with Crippen molar-refractivity contribution in [2.24, 2.45) is 0 Å². The molecular weight excluding hydrogens is 360 g/mol. The normalized spacial score (nSPS) is 19.3. The van der Waals surface area contributed by atoms with Crippen molar-refractivity contribution in [2.45, 2.75) is 25.5 Å². The topological polar surface area (TPSA) is 59.1 Å². The Hall–Kier alpha value is -1.80.